The topological polar surface area (TPSA) is 54.3 Å². The van der Waals surface area contributed by atoms with Gasteiger partial charge in [-0.2, -0.15) is 0 Å². The first-order chi connectivity index (χ1) is 11.5. The number of aromatic nitrogens is 1. The number of carbonyl (C=O) groups is 1. The summed E-state index contributed by atoms with van der Waals surface area (Å²) < 4.78 is 1.65. The Kier molecular flexibility index (Phi) is 6.32. The fourth-order valence-corrected chi connectivity index (χ4v) is 2.73. The highest BCUT2D eigenvalue weighted by Crippen LogP contribution is 2.19. The van der Waals surface area contributed by atoms with Gasteiger partial charge in [0.2, 0.25) is 11.5 Å². The van der Waals surface area contributed by atoms with Gasteiger partial charge < -0.3 is 9.88 Å². The van der Waals surface area contributed by atoms with Crippen LogP contribution in [0.15, 0.2) is 53.5 Å². The Morgan fingerprint density at radius 3 is 2.67 bits per heavy atom. The molecule has 5 heteroatoms. The third-order valence-corrected chi connectivity index (χ3v) is 3.90. The summed E-state index contributed by atoms with van der Waals surface area (Å²) >= 11 is 0. The lowest BCUT2D eigenvalue weighted by atomic mass is 10.0. The lowest BCUT2D eigenvalue weighted by molar-refractivity contribution is -0.125. The summed E-state index contributed by atoms with van der Waals surface area (Å²) in [5.74, 6) is -0.0222. The van der Waals surface area contributed by atoms with Crippen molar-refractivity contribution in [1.82, 2.24) is 14.8 Å². The summed E-state index contributed by atoms with van der Waals surface area (Å²) in [4.78, 5) is 26.1. The molecular formula is C19H25N3O2. The average Bonchev–Trinajstić information content (AvgIpc) is 2.53. The fraction of sp³-hybridized carbons (Fsp3) is 0.368. The molecule has 0 spiro atoms. The van der Waals surface area contributed by atoms with E-state index < -0.39 is 0 Å². The normalized spacial score (nSPS) is 12.2. The van der Waals surface area contributed by atoms with Gasteiger partial charge in [0, 0.05) is 25.4 Å². The van der Waals surface area contributed by atoms with Gasteiger partial charge in [-0.05, 0) is 39.1 Å². The van der Waals surface area contributed by atoms with E-state index in [4.69, 9.17) is 0 Å². The molecule has 24 heavy (non-hydrogen) atoms. The van der Waals surface area contributed by atoms with Gasteiger partial charge in [0.25, 0.3) is 0 Å². The quantitative estimate of drug-likeness (QED) is 0.791. The van der Waals surface area contributed by atoms with E-state index in [0.29, 0.717) is 19.5 Å². The molecule has 1 heterocycles. The number of aryl methyl sites for hydroxylation is 2. The minimum absolute atomic E-state index is 0.0187. The number of rotatable bonds is 7. The molecule has 2 aromatic rings. The molecule has 0 saturated carbocycles. The molecule has 0 unspecified atom stereocenters. The third kappa shape index (κ3) is 4.80. The van der Waals surface area contributed by atoms with Gasteiger partial charge in [-0.15, -0.1) is 0 Å². The highest BCUT2D eigenvalue weighted by molar-refractivity contribution is 5.83. The van der Waals surface area contributed by atoms with Crippen molar-refractivity contribution in [2.24, 2.45) is 0 Å². The minimum Gasteiger partial charge on any atom is -0.354 e. The lowest BCUT2D eigenvalue weighted by Crippen LogP contribution is -2.37. The van der Waals surface area contributed by atoms with Gasteiger partial charge in [-0.25, -0.2) is 0 Å². The number of benzene rings is 1. The second kappa shape index (κ2) is 8.45. The Balaban J connectivity index is 1.92. The molecule has 0 aliphatic carbocycles. The molecule has 5 nitrogen and oxygen atoms in total. The summed E-state index contributed by atoms with van der Waals surface area (Å²) in [6, 6.07) is 12.8. The standard InChI is InChI=1S/C19H25N3O2/c1-15-8-6-9-16(14-15)18(21(2)3)19(24)20-11-7-13-22-12-5-4-10-17(22)23/h4-6,8-10,12,14,18H,7,11,13H2,1-3H3,(H,20,24)/t18-/m0/s1. The Bertz CT molecular complexity index is 737. The highest BCUT2D eigenvalue weighted by Gasteiger charge is 2.22. The van der Waals surface area contributed by atoms with Gasteiger partial charge >= 0.3 is 0 Å². The number of nitrogens with zero attached hydrogens (tertiary/aromatic N) is 2. The number of hydrogen-bond acceptors (Lipinski definition) is 3. The van der Waals surface area contributed by atoms with Crippen molar-refractivity contribution < 1.29 is 4.79 Å². The maximum absolute atomic E-state index is 12.6. The molecule has 0 aliphatic rings. The van der Waals surface area contributed by atoms with E-state index in [2.05, 4.69) is 5.32 Å². The van der Waals surface area contributed by atoms with Gasteiger partial charge in [0.05, 0.1) is 0 Å². The monoisotopic (exact) mass is 327 g/mol. The van der Waals surface area contributed by atoms with Crippen molar-refractivity contribution in [2.45, 2.75) is 25.9 Å². The molecule has 1 aromatic heterocycles. The SMILES string of the molecule is Cc1cccc([C@@H](C(=O)NCCCn2ccccc2=O)N(C)C)c1. The van der Waals surface area contributed by atoms with E-state index in [1.807, 2.05) is 56.3 Å². The first kappa shape index (κ1) is 17.9. The molecule has 0 saturated heterocycles. The smallest absolute Gasteiger partial charge is 0.250 e. The van der Waals surface area contributed by atoms with Crippen LogP contribution < -0.4 is 10.9 Å². The van der Waals surface area contributed by atoms with E-state index >= 15 is 0 Å². The first-order valence-corrected chi connectivity index (χ1v) is 8.15. The van der Waals surface area contributed by atoms with Crippen LogP contribution in [0.4, 0.5) is 0 Å². The zero-order valence-electron chi connectivity index (χ0n) is 14.5. The number of amides is 1. The zero-order chi connectivity index (χ0) is 17.5. The molecule has 0 fully saturated rings. The Morgan fingerprint density at radius 1 is 1.21 bits per heavy atom. The van der Waals surface area contributed by atoms with Gasteiger partial charge in [0.1, 0.15) is 6.04 Å². The van der Waals surface area contributed by atoms with Gasteiger partial charge in [0.15, 0.2) is 0 Å². The summed E-state index contributed by atoms with van der Waals surface area (Å²) in [7, 11) is 3.80. The Hall–Kier alpha value is -2.40. The molecule has 0 aliphatic heterocycles. The number of hydrogen-bond donors (Lipinski definition) is 1. The van der Waals surface area contributed by atoms with Crippen molar-refractivity contribution in [1.29, 1.82) is 0 Å². The van der Waals surface area contributed by atoms with E-state index in [-0.39, 0.29) is 17.5 Å². The molecule has 2 rings (SSSR count). The molecule has 128 valence electrons. The van der Waals surface area contributed by atoms with Gasteiger partial charge in [-0.3, -0.25) is 14.5 Å². The molecular weight excluding hydrogens is 302 g/mol. The third-order valence-electron chi connectivity index (χ3n) is 3.90. The summed E-state index contributed by atoms with van der Waals surface area (Å²) in [5, 5.41) is 2.98. The molecule has 0 bridgehead atoms. The average molecular weight is 327 g/mol. The van der Waals surface area contributed by atoms with Crippen LogP contribution in [-0.2, 0) is 11.3 Å². The largest absolute Gasteiger partial charge is 0.354 e. The Labute approximate surface area is 142 Å². The van der Waals surface area contributed by atoms with E-state index in [1.54, 1.807) is 22.9 Å². The number of nitrogens with one attached hydrogen (secondary N) is 1. The number of likely N-dealkylation sites (N-methyl/N-ethyl adjacent to an activating group) is 1. The van der Waals surface area contributed by atoms with Crippen LogP contribution in [0.1, 0.15) is 23.6 Å². The van der Waals surface area contributed by atoms with Crippen LogP contribution >= 0.6 is 0 Å². The van der Waals surface area contributed by atoms with Crippen molar-refractivity contribution in [3.05, 3.63) is 70.1 Å². The van der Waals surface area contributed by atoms with Crippen LogP contribution in [0.5, 0.6) is 0 Å². The predicted molar refractivity (Wildman–Crippen MR) is 95.9 cm³/mol. The second-order valence-electron chi connectivity index (χ2n) is 6.16. The fourth-order valence-electron chi connectivity index (χ4n) is 2.73. The molecule has 1 N–H and O–H groups in total. The van der Waals surface area contributed by atoms with Crippen LogP contribution in [0, 0.1) is 6.92 Å². The summed E-state index contributed by atoms with van der Waals surface area (Å²) in [5.41, 5.74) is 2.10. The maximum Gasteiger partial charge on any atom is 0.250 e. The minimum atomic E-state index is -0.315. The summed E-state index contributed by atoms with van der Waals surface area (Å²) in [6.45, 7) is 3.15. The summed E-state index contributed by atoms with van der Waals surface area (Å²) in [6.07, 6.45) is 2.48. The van der Waals surface area contributed by atoms with Crippen molar-refractivity contribution in [3.63, 3.8) is 0 Å². The van der Waals surface area contributed by atoms with Crippen LogP contribution in [0.25, 0.3) is 0 Å². The molecule has 0 radical (unpaired) electrons. The maximum atomic E-state index is 12.6. The van der Waals surface area contributed by atoms with Crippen molar-refractivity contribution in [2.75, 3.05) is 20.6 Å². The second-order valence-corrected chi connectivity index (χ2v) is 6.16. The van der Waals surface area contributed by atoms with Crippen molar-refractivity contribution in [3.8, 4) is 0 Å². The molecule has 1 aromatic carbocycles. The van der Waals surface area contributed by atoms with Crippen molar-refractivity contribution >= 4 is 5.91 Å². The number of pyridine rings is 1. The zero-order valence-corrected chi connectivity index (χ0v) is 14.5. The van der Waals surface area contributed by atoms with Gasteiger partial charge in [-0.1, -0.05) is 35.9 Å². The molecule has 1 atom stereocenters. The number of carbonyl (C=O) groups excluding carboxylic acids is 1. The Morgan fingerprint density at radius 2 is 2.00 bits per heavy atom. The first-order valence-electron chi connectivity index (χ1n) is 8.15. The van der Waals surface area contributed by atoms with E-state index in [1.165, 1.54) is 0 Å². The van der Waals surface area contributed by atoms with Crippen LogP contribution in [0.2, 0.25) is 0 Å². The lowest BCUT2D eigenvalue weighted by Gasteiger charge is -2.24. The van der Waals surface area contributed by atoms with Crippen LogP contribution in [0.3, 0.4) is 0 Å². The van der Waals surface area contributed by atoms with E-state index in [9.17, 15) is 9.59 Å². The molecule has 1 amide bonds. The van der Waals surface area contributed by atoms with Crippen LogP contribution in [-0.4, -0.2) is 36.0 Å². The predicted octanol–water partition coefficient (Wildman–Crippen LogP) is 1.97. The highest BCUT2D eigenvalue weighted by atomic mass is 16.2. The van der Waals surface area contributed by atoms with E-state index in [0.717, 1.165) is 11.1 Å².